The van der Waals surface area contributed by atoms with Gasteiger partial charge in [0.1, 0.15) is 5.01 Å². The summed E-state index contributed by atoms with van der Waals surface area (Å²) in [6.45, 7) is 18.3. The van der Waals surface area contributed by atoms with Crippen LogP contribution in [0, 0.1) is 5.92 Å². The van der Waals surface area contributed by atoms with Crippen molar-refractivity contribution in [1.29, 1.82) is 0 Å². The van der Waals surface area contributed by atoms with Crippen molar-refractivity contribution >= 4 is 17.0 Å². The van der Waals surface area contributed by atoms with Crippen LogP contribution in [0.2, 0.25) is 0 Å². The lowest BCUT2D eigenvalue weighted by Gasteiger charge is -2.30. The van der Waals surface area contributed by atoms with Gasteiger partial charge in [0.15, 0.2) is 0 Å². The Morgan fingerprint density at radius 2 is 2.07 bits per heavy atom. The molecule has 2 aliphatic rings. The molecule has 150 valence electrons. The number of likely N-dealkylation sites (tertiary alicyclic amines) is 1. The first-order chi connectivity index (χ1) is 13.1. The molecule has 1 aromatic heterocycles. The Morgan fingerprint density at radius 3 is 2.56 bits per heavy atom. The van der Waals surface area contributed by atoms with E-state index in [-0.39, 0.29) is 0 Å². The second-order valence-corrected chi connectivity index (χ2v) is 8.62. The minimum atomic E-state index is 0.659. The Hall–Kier alpha value is -1.55. The molecular weight excluding hydrogens is 350 g/mol. The maximum atomic E-state index is 4.28. The molecule has 2 heterocycles. The van der Waals surface area contributed by atoms with Crippen molar-refractivity contribution in [1.82, 2.24) is 14.8 Å². The van der Waals surface area contributed by atoms with Crippen LogP contribution in [0.25, 0.3) is 5.70 Å². The van der Waals surface area contributed by atoms with Crippen molar-refractivity contribution < 1.29 is 0 Å². The Kier molecular flexibility index (Phi) is 9.12. The lowest BCUT2D eigenvalue weighted by Crippen LogP contribution is -2.31. The van der Waals surface area contributed by atoms with Crippen molar-refractivity contribution in [2.24, 2.45) is 5.92 Å². The predicted molar refractivity (Wildman–Crippen MR) is 120 cm³/mol. The molecule has 27 heavy (non-hydrogen) atoms. The number of allylic oxidation sites excluding steroid dienone is 2. The monoisotopic (exact) mass is 387 g/mol. The summed E-state index contributed by atoms with van der Waals surface area (Å²) >= 11 is 1.66. The van der Waals surface area contributed by atoms with Crippen molar-refractivity contribution in [2.75, 3.05) is 19.6 Å². The van der Waals surface area contributed by atoms with Gasteiger partial charge in [0, 0.05) is 43.0 Å². The van der Waals surface area contributed by atoms with Crippen LogP contribution in [0.1, 0.15) is 64.3 Å². The summed E-state index contributed by atoms with van der Waals surface area (Å²) in [5.74, 6) is 0.808. The Bertz CT molecular complexity index is 599. The van der Waals surface area contributed by atoms with Crippen molar-refractivity contribution in [3.8, 4) is 0 Å². The lowest BCUT2D eigenvalue weighted by molar-refractivity contribution is 0.294. The molecule has 1 fully saturated rings. The van der Waals surface area contributed by atoms with Crippen LogP contribution in [0.15, 0.2) is 42.6 Å². The smallest absolute Gasteiger partial charge is 0.138 e. The van der Waals surface area contributed by atoms with Crippen LogP contribution in [-0.2, 0) is 0 Å². The van der Waals surface area contributed by atoms with Crippen LogP contribution in [0.4, 0.5) is 0 Å². The van der Waals surface area contributed by atoms with E-state index in [0.29, 0.717) is 6.04 Å². The highest BCUT2D eigenvalue weighted by Gasteiger charge is 2.26. The fourth-order valence-corrected chi connectivity index (χ4v) is 4.53. The third-order valence-electron chi connectivity index (χ3n) is 5.18. The number of hydrogen-bond acceptors (Lipinski definition) is 4. The summed E-state index contributed by atoms with van der Waals surface area (Å²) in [5, 5.41) is 3.04. The molecule has 3 rings (SSSR count). The van der Waals surface area contributed by atoms with Gasteiger partial charge in [-0.1, -0.05) is 46.1 Å². The van der Waals surface area contributed by atoms with E-state index in [1.54, 1.807) is 11.3 Å². The third-order valence-corrected chi connectivity index (χ3v) is 6.00. The van der Waals surface area contributed by atoms with Gasteiger partial charge in [-0.2, -0.15) is 0 Å². The molecule has 3 nitrogen and oxygen atoms in total. The summed E-state index contributed by atoms with van der Waals surface area (Å²) in [5.41, 5.74) is 2.42. The minimum Gasteiger partial charge on any atom is -0.370 e. The maximum Gasteiger partial charge on any atom is 0.138 e. The summed E-state index contributed by atoms with van der Waals surface area (Å²) in [4.78, 5) is 9.10. The molecule has 0 amide bonds. The number of nitrogens with zero attached hydrogens (tertiary/aromatic N) is 3. The predicted octanol–water partition coefficient (Wildman–Crippen LogP) is 6.19. The Morgan fingerprint density at radius 1 is 1.33 bits per heavy atom. The van der Waals surface area contributed by atoms with Gasteiger partial charge in [-0.3, -0.25) is 0 Å². The largest absolute Gasteiger partial charge is 0.370 e. The topological polar surface area (TPSA) is 19.4 Å². The van der Waals surface area contributed by atoms with Gasteiger partial charge in [-0.05, 0) is 44.4 Å². The molecule has 0 spiro atoms. The van der Waals surface area contributed by atoms with Crippen molar-refractivity contribution in [3.63, 3.8) is 0 Å². The van der Waals surface area contributed by atoms with Gasteiger partial charge in [-0.25, -0.2) is 4.98 Å². The molecule has 0 saturated carbocycles. The first kappa shape index (κ1) is 21.7. The lowest BCUT2D eigenvalue weighted by atomic mass is 10.0. The van der Waals surface area contributed by atoms with Crippen LogP contribution in [0.3, 0.4) is 0 Å². The zero-order chi connectivity index (χ0) is 19.6. The first-order valence-corrected chi connectivity index (χ1v) is 11.4. The van der Waals surface area contributed by atoms with Gasteiger partial charge >= 0.3 is 0 Å². The standard InChI is InChI=1S/C12H19N.C11H18N2S/c1-10-8-11(2)13(9-10)12-6-4-3-5-7-12;1-4-7-13(8-5-2)10(3)11-12-6-9-14-11/h4,6,10,12H,2-3,5,7-9H2,1H3;6,9H,3-5,7-8H2,1-2H3. The van der Waals surface area contributed by atoms with E-state index in [1.807, 2.05) is 11.6 Å². The number of thiazole rings is 1. The second-order valence-electron chi connectivity index (χ2n) is 7.73. The molecule has 1 saturated heterocycles. The highest BCUT2D eigenvalue weighted by Crippen LogP contribution is 2.30. The molecule has 1 aromatic rings. The van der Waals surface area contributed by atoms with Crippen molar-refractivity contribution in [2.45, 2.75) is 65.3 Å². The number of aromatic nitrogens is 1. The summed E-state index contributed by atoms with van der Waals surface area (Å²) in [7, 11) is 0. The van der Waals surface area contributed by atoms with E-state index in [2.05, 4.69) is 60.9 Å². The molecule has 0 N–H and O–H groups in total. The molecule has 0 bridgehead atoms. The third kappa shape index (κ3) is 6.53. The number of rotatable bonds is 7. The average molecular weight is 388 g/mol. The second kappa shape index (κ2) is 11.3. The van der Waals surface area contributed by atoms with Gasteiger partial charge in [0.05, 0.1) is 5.70 Å². The van der Waals surface area contributed by atoms with E-state index in [9.17, 15) is 0 Å². The minimum absolute atomic E-state index is 0.659. The van der Waals surface area contributed by atoms with Gasteiger partial charge < -0.3 is 9.80 Å². The number of hydrogen-bond donors (Lipinski definition) is 0. The summed E-state index contributed by atoms with van der Waals surface area (Å²) in [6, 6.07) is 0.659. The molecule has 1 aliphatic carbocycles. The Balaban J connectivity index is 0.000000194. The fourth-order valence-electron chi connectivity index (χ4n) is 3.90. The highest BCUT2D eigenvalue weighted by atomic mass is 32.1. The highest BCUT2D eigenvalue weighted by molar-refractivity contribution is 7.10. The van der Waals surface area contributed by atoms with Crippen LogP contribution in [0.5, 0.6) is 0 Å². The summed E-state index contributed by atoms with van der Waals surface area (Å²) in [6.07, 6.45) is 14.0. The quantitative estimate of drug-likeness (QED) is 0.520. The van der Waals surface area contributed by atoms with Gasteiger partial charge in [-0.15, -0.1) is 11.3 Å². The molecule has 0 aromatic carbocycles. The molecule has 2 unspecified atom stereocenters. The molecular formula is C23H37N3S. The normalized spacial score (nSPS) is 21.7. The first-order valence-electron chi connectivity index (χ1n) is 10.5. The van der Waals surface area contributed by atoms with E-state index in [1.165, 1.54) is 37.9 Å². The van der Waals surface area contributed by atoms with Crippen molar-refractivity contribution in [3.05, 3.63) is 47.6 Å². The average Bonchev–Trinajstić information content (AvgIpc) is 3.32. The van der Waals surface area contributed by atoms with E-state index >= 15 is 0 Å². The molecule has 1 aliphatic heterocycles. The van der Waals surface area contributed by atoms with Crippen LogP contribution >= 0.6 is 11.3 Å². The zero-order valence-electron chi connectivity index (χ0n) is 17.5. The van der Waals surface area contributed by atoms with E-state index in [4.69, 9.17) is 0 Å². The van der Waals surface area contributed by atoms with Crippen LogP contribution in [-0.4, -0.2) is 40.5 Å². The summed E-state index contributed by atoms with van der Waals surface area (Å²) < 4.78 is 0. The molecule has 2 atom stereocenters. The van der Waals surface area contributed by atoms with E-state index in [0.717, 1.165) is 42.6 Å². The van der Waals surface area contributed by atoms with Gasteiger partial charge in [0.25, 0.3) is 0 Å². The SMILES string of the molecule is C=C(c1nccs1)N(CCC)CCC.C=C1CC(C)CN1C1C=CCCC1. The maximum absolute atomic E-state index is 4.28. The fraction of sp³-hybridized carbons (Fsp3) is 0.609. The molecule has 0 radical (unpaired) electrons. The zero-order valence-corrected chi connectivity index (χ0v) is 18.3. The Labute approximate surface area is 170 Å². The van der Waals surface area contributed by atoms with Crippen LogP contribution < -0.4 is 0 Å². The van der Waals surface area contributed by atoms with Gasteiger partial charge in [0.2, 0.25) is 0 Å². The molecule has 4 heteroatoms. The van der Waals surface area contributed by atoms with E-state index < -0.39 is 0 Å².